The van der Waals surface area contributed by atoms with Crippen molar-refractivity contribution in [1.29, 1.82) is 0 Å². The summed E-state index contributed by atoms with van der Waals surface area (Å²) in [6.45, 7) is 0. The van der Waals surface area contributed by atoms with Crippen molar-refractivity contribution in [3.63, 3.8) is 0 Å². The van der Waals surface area contributed by atoms with Gasteiger partial charge in [-0.15, -0.1) is 0 Å². The molecule has 3 N–H and O–H groups in total. The van der Waals surface area contributed by atoms with Gasteiger partial charge in [0.2, 0.25) is 0 Å². The summed E-state index contributed by atoms with van der Waals surface area (Å²) in [5, 5.41) is 8.56. The Hall–Kier alpha value is -1.29. The van der Waals surface area contributed by atoms with Crippen LogP contribution in [0.5, 0.6) is 0 Å². The lowest BCUT2D eigenvalue weighted by Crippen LogP contribution is -2.03. The van der Waals surface area contributed by atoms with Crippen LogP contribution in [0, 0.1) is 0 Å². The van der Waals surface area contributed by atoms with Crippen molar-refractivity contribution >= 4 is 23.3 Å². The van der Waals surface area contributed by atoms with Crippen molar-refractivity contribution in [1.82, 2.24) is 4.98 Å². The van der Waals surface area contributed by atoms with Gasteiger partial charge in [0.25, 0.3) is 0 Å². The molecule has 64 valence electrons. The van der Waals surface area contributed by atoms with E-state index in [4.69, 9.17) is 22.4 Å². The van der Waals surface area contributed by atoms with Crippen LogP contribution in [0.25, 0.3) is 0 Å². The van der Waals surface area contributed by atoms with Crippen LogP contribution < -0.4 is 5.73 Å². The molecule has 0 aliphatic carbocycles. The number of hydrogen-bond donors (Lipinski definition) is 2. The highest BCUT2D eigenvalue weighted by Crippen LogP contribution is 2.15. The first-order chi connectivity index (χ1) is 5.59. The minimum atomic E-state index is -0.941. The number of aliphatic carboxylic acids is 1. The second-order valence-corrected chi connectivity index (χ2v) is 2.61. The average Bonchev–Trinajstić information content (AvgIpc) is 1.96. The molecule has 0 radical (unpaired) electrons. The van der Waals surface area contributed by atoms with Gasteiger partial charge in [-0.05, 0) is 12.1 Å². The van der Waals surface area contributed by atoms with E-state index in [9.17, 15) is 4.79 Å². The lowest BCUT2D eigenvalue weighted by Gasteiger charge is -1.99. The Labute approximate surface area is 74.0 Å². The maximum absolute atomic E-state index is 10.3. The van der Waals surface area contributed by atoms with E-state index in [1.807, 2.05) is 0 Å². The number of carbonyl (C=O) groups is 1. The van der Waals surface area contributed by atoms with E-state index in [1.54, 1.807) is 0 Å². The fourth-order valence-corrected chi connectivity index (χ4v) is 0.908. The largest absolute Gasteiger partial charge is 0.481 e. The molecule has 0 aliphatic rings. The third-order valence-electron chi connectivity index (χ3n) is 1.27. The van der Waals surface area contributed by atoms with Gasteiger partial charge in [0, 0.05) is 0 Å². The van der Waals surface area contributed by atoms with E-state index in [0.29, 0.717) is 11.4 Å². The van der Waals surface area contributed by atoms with E-state index >= 15 is 0 Å². The lowest BCUT2D eigenvalue weighted by molar-refractivity contribution is -0.136. The van der Waals surface area contributed by atoms with Gasteiger partial charge in [0.05, 0.1) is 17.8 Å². The zero-order valence-corrected chi connectivity index (χ0v) is 6.88. The Morgan fingerprint density at radius 3 is 2.83 bits per heavy atom. The fourth-order valence-electron chi connectivity index (χ4n) is 0.736. The molecule has 0 bridgehead atoms. The Bertz CT molecular complexity index is 314. The van der Waals surface area contributed by atoms with Crippen molar-refractivity contribution in [3.8, 4) is 0 Å². The van der Waals surface area contributed by atoms with Gasteiger partial charge in [-0.3, -0.25) is 4.79 Å². The Kier molecular flexibility index (Phi) is 2.50. The van der Waals surface area contributed by atoms with Crippen LogP contribution in [0.2, 0.25) is 5.15 Å². The molecule has 0 aliphatic heterocycles. The topological polar surface area (TPSA) is 76.2 Å². The SMILES string of the molecule is Nc1ccc(CC(=O)O)nc1Cl. The quantitative estimate of drug-likeness (QED) is 0.674. The number of nitrogens with two attached hydrogens (primary N) is 1. The van der Waals surface area contributed by atoms with Gasteiger partial charge < -0.3 is 10.8 Å². The third-order valence-corrected chi connectivity index (χ3v) is 1.57. The molecule has 4 nitrogen and oxygen atoms in total. The summed E-state index contributed by atoms with van der Waals surface area (Å²) in [5.74, 6) is -0.941. The highest BCUT2D eigenvalue weighted by Gasteiger charge is 2.03. The van der Waals surface area contributed by atoms with Gasteiger partial charge in [-0.2, -0.15) is 0 Å². The molecular weight excluding hydrogens is 180 g/mol. The number of carboxylic acids is 1. The Morgan fingerprint density at radius 2 is 2.33 bits per heavy atom. The molecule has 0 unspecified atom stereocenters. The molecule has 0 saturated heterocycles. The van der Waals surface area contributed by atoms with Crippen molar-refractivity contribution in [2.45, 2.75) is 6.42 Å². The van der Waals surface area contributed by atoms with Crippen LogP contribution >= 0.6 is 11.6 Å². The van der Waals surface area contributed by atoms with Crippen LogP contribution in [0.1, 0.15) is 5.69 Å². The smallest absolute Gasteiger partial charge is 0.309 e. The minimum absolute atomic E-state index is 0.139. The number of hydrogen-bond acceptors (Lipinski definition) is 3. The normalized spacial score (nSPS) is 9.75. The zero-order valence-electron chi connectivity index (χ0n) is 6.12. The van der Waals surface area contributed by atoms with Crippen LogP contribution in [0.15, 0.2) is 12.1 Å². The van der Waals surface area contributed by atoms with E-state index in [0.717, 1.165) is 0 Å². The van der Waals surface area contributed by atoms with Crippen molar-refractivity contribution in [3.05, 3.63) is 23.0 Å². The molecule has 0 amide bonds. The predicted octanol–water partition coefficient (Wildman–Crippen LogP) is 0.944. The number of nitrogen functional groups attached to an aromatic ring is 1. The molecule has 1 aromatic rings. The number of anilines is 1. The summed E-state index contributed by atoms with van der Waals surface area (Å²) >= 11 is 5.57. The Morgan fingerprint density at radius 1 is 1.67 bits per heavy atom. The van der Waals surface area contributed by atoms with E-state index in [1.165, 1.54) is 12.1 Å². The zero-order chi connectivity index (χ0) is 9.14. The number of halogens is 1. The highest BCUT2D eigenvalue weighted by molar-refractivity contribution is 6.31. The number of rotatable bonds is 2. The van der Waals surface area contributed by atoms with Gasteiger partial charge >= 0.3 is 5.97 Å². The second-order valence-electron chi connectivity index (χ2n) is 2.25. The van der Waals surface area contributed by atoms with Crippen LogP contribution in [-0.4, -0.2) is 16.1 Å². The Balaban J connectivity index is 2.89. The first-order valence-electron chi connectivity index (χ1n) is 3.22. The third kappa shape index (κ3) is 2.10. The van der Waals surface area contributed by atoms with Crippen LogP contribution in [-0.2, 0) is 11.2 Å². The molecule has 0 spiro atoms. The van der Waals surface area contributed by atoms with Crippen molar-refractivity contribution in [2.75, 3.05) is 5.73 Å². The summed E-state index contributed by atoms with van der Waals surface area (Å²) in [7, 11) is 0. The predicted molar refractivity (Wildman–Crippen MR) is 45.0 cm³/mol. The van der Waals surface area contributed by atoms with E-state index < -0.39 is 5.97 Å². The summed E-state index contributed by atoms with van der Waals surface area (Å²) in [6, 6.07) is 3.07. The van der Waals surface area contributed by atoms with Gasteiger partial charge in [0.15, 0.2) is 5.15 Å². The second kappa shape index (κ2) is 3.40. The first-order valence-corrected chi connectivity index (χ1v) is 3.60. The minimum Gasteiger partial charge on any atom is -0.481 e. The average molecular weight is 187 g/mol. The number of nitrogens with zero attached hydrogens (tertiary/aromatic N) is 1. The standard InChI is InChI=1S/C7H7ClN2O2/c8-7-5(9)2-1-4(10-7)3-6(11)12/h1-2H,3,9H2,(H,11,12). The first kappa shape index (κ1) is 8.80. The van der Waals surface area contributed by atoms with E-state index in [-0.39, 0.29) is 11.6 Å². The highest BCUT2D eigenvalue weighted by atomic mass is 35.5. The summed E-state index contributed by atoms with van der Waals surface area (Å²) in [4.78, 5) is 14.0. The maximum Gasteiger partial charge on any atom is 0.309 e. The molecule has 0 atom stereocenters. The number of aromatic nitrogens is 1. The molecule has 12 heavy (non-hydrogen) atoms. The molecule has 1 rings (SSSR count). The van der Waals surface area contributed by atoms with Gasteiger partial charge in [-0.25, -0.2) is 4.98 Å². The fraction of sp³-hybridized carbons (Fsp3) is 0.143. The number of pyridine rings is 1. The summed E-state index contributed by atoms with van der Waals surface area (Å²) in [6.07, 6.45) is -0.139. The molecular formula is C7H7ClN2O2. The summed E-state index contributed by atoms with van der Waals surface area (Å²) < 4.78 is 0. The van der Waals surface area contributed by atoms with E-state index in [2.05, 4.69) is 4.98 Å². The van der Waals surface area contributed by atoms with Crippen molar-refractivity contribution < 1.29 is 9.90 Å². The molecule has 1 aromatic heterocycles. The molecule has 0 saturated carbocycles. The monoisotopic (exact) mass is 186 g/mol. The van der Waals surface area contributed by atoms with Crippen LogP contribution in [0.4, 0.5) is 5.69 Å². The van der Waals surface area contributed by atoms with Gasteiger partial charge in [-0.1, -0.05) is 11.6 Å². The van der Waals surface area contributed by atoms with Crippen LogP contribution in [0.3, 0.4) is 0 Å². The lowest BCUT2D eigenvalue weighted by atomic mass is 10.2. The van der Waals surface area contributed by atoms with Crippen molar-refractivity contribution in [2.24, 2.45) is 0 Å². The molecule has 0 aromatic carbocycles. The van der Waals surface area contributed by atoms with Gasteiger partial charge in [0.1, 0.15) is 0 Å². The molecule has 5 heteroatoms. The molecule has 1 heterocycles. The molecule has 0 fully saturated rings. The summed E-state index contributed by atoms with van der Waals surface area (Å²) in [5.41, 5.74) is 6.13. The number of carboxylic acid groups (broad SMARTS) is 1. The maximum atomic E-state index is 10.3.